The van der Waals surface area contributed by atoms with Crippen molar-refractivity contribution in [3.8, 4) is 0 Å². The molecule has 0 amide bonds. The van der Waals surface area contributed by atoms with Crippen molar-refractivity contribution in [2.24, 2.45) is 5.73 Å². The van der Waals surface area contributed by atoms with E-state index in [2.05, 4.69) is 21.9 Å². The summed E-state index contributed by atoms with van der Waals surface area (Å²) < 4.78 is 0. The van der Waals surface area contributed by atoms with Crippen LogP contribution in [0.4, 0.5) is 11.5 Å². The number of nitrogens with zero attached hydrogens (tertiary/aromatic N) is 2. The average Bonchev–Trinajstić information content (AvgIpc) is 2.49. The molecule has 0 unspecified atom stereocenters. The van der Waals surface area contributed by atoms with Crippen LogP contribution in [0.1, 0.15) is 30.1 Å². The Hall–Kier alpha value is -1.62. The Balaban J connectivity index is 0.00000242. The lowest BCUT2D eigenvalue weighted by molar-refractivity contribution is 0.659. The monoisotopic (exact) mass is 338 g/mol. The molecule has 0 aliphatic heterocycles. The Bertz CT molecular complexity index is 614. The summed E-state index contributed by atoms with van der Waals surface area (Å²) in [6, 6.07) is 5.63. The molecular formula is C16H20Cl2N4. The van der Waals surface area contributed by atoms with Gasteiger partial charge < -0.3 is 11.1 Å². The van der Waals surface area contributed by atoms with Crippen molar-refractivity contribution in [2.75, 3.05) is 5.32 Å². The number of nitrogens with two attached hydrogens (primary N) is 1. The number of hydrogen-bond donors (Lipinski definition) is 2. The fourth-order valence-electron chi connectivity index (χ4n) is 1.89. The highest BCUT2D eigenvalue weighted by molar-refractivity contribution is 6.33. The number of aromatic nitrogens is 2. The van der Waals surface area contributed by atoms with Gasteiger partial charge in [0.2, 0.25) is 0 Å². The van der Waals surface area contributed by atoms with Gasteiger partial charge in [-0.05, 0) is 43.5 Å². The Kier molecular flexibility index (Phi) is 7.32. The van der Waals surface area contributed by atoms with Crippen molar-refractivity contribution in [3.05, 3.63) is 59.5 Å². The first kappa shape index (κ1) is 18.4. The molecule has 0 aliphatic rings. The van der Waals surface area contributed by atoms with E-state index in [0.717, 1.165) is 29.8 Å². The predicted molar refractivity (Wildman–Crippen MR) is 95.1 cm³/mol. The van der Waals surface area contributed by atoms with Gasteiger partial charge in [0.25, 0.3) is 0 Å². The first-order chi connectivity index (χ1) is 10.1. The number of pyridine rings is 2. The minimum atomic E-state index is -0.0805. The van der Waals surface area contributed by atoms with Gasteiger partial charge in [-0.25, -0.2) is 4.98 Å². The van der Waals surface area contributed by atoms with Crippen LogP contribution in [0.25, 0.3) is 0 Å². The van der Waals surface area contributed by atoms with E-state index in [4.69, 9.17) is 17.3 Å². The van der Waals surface area contributed by atoms with E-state index < -0.39 is 0 Å². The van der Waals surface area contributed by atoms with Gasteiger partial charge in [-0.1, -0.05) is 17.7 Å². The molecule has 0 spiro atoms. The molecule has 2 rings (SSSR count). The quantitative estimate of drug-likeness (QED) is 0.757. The number of hydrogen-bond acceptors (Lipinski definition) is 4. The largest absolute Gasteiger partial charge is 0.338 e. The van der Waals surface area contributed by atoms with Crippen LogP contribution in [0.5, 0.6) is 0 Å². The number of allylic oxidation sites excluding steroid dienone is 1. The first-order valence-corrected chi connectivity index (χ1v) is 7.19. The molecule has 0 fully saturated rings. The van der Waals surface area contributed by atoms with Crippen molar-refractivity contribution in [1.82, 2.24) is 9.97 Å². The summed E-state index contributed by atoms with van der Waals surface area (Å²) in [4.78, 5) is 8.57. The summed E-state index contributed by atoms with van der Waals surface area (Å²) >= 11 is 6.27. The van der Waals surface area contributed by atoms with E-state index in [-0.39, 0.29) is 18.4 Å². The molecule has 2 heterocycles. The van der Waals surface area contributed by atoms with Crippen molar-refractivity contribution in [2.45, 2.75) is 25.8 Å². The zero-order valence-corrected chi connectivity index (χ0v) is 14.0. The third-order valence-electron chi connectivity index (χ3n) is 3.15. The maximum absolute atomic E-state index is 6.27. The summed E-state index contributed by atoms with van der Waals surface area (Å²) in [6.45, 7) is 5.64. The third kappa shape index (κ3) is 4.98. The molecule has 0 saturated heterocycles. The number of halogens is 2. The lowest BCUT2D eigenvalue weighted by Gasteiger charge is -2.13. The van der Waals surface area contributed by atoms with Crippen molar-refractivity contribution < 1.29 is 0 Å². The maximum atomic E-state index is 6.27. The summed E-state index contributed by atoms with van der Waals surface area (Å²) in [5.74, 6) is 0.599. The Morgan fingerprint density at radius 3 is 2.73 bits per heavy atom. The highest BCUT2D eigenvalue weighted by Crippen LogP contribution is 2.26. The summed E-state index contributed by atoms with van der Waals surface area (Å²) in [7, 11) is 0. The van der Waals surface area contributed by atoms with Gasteiger partial charge in [-0.15, -0.1) is 19.0 Å². The van der Waals surface area contributed by atoms with Gasteiger partial charge in [0.05, 0.1) is 16.9 Å². The molecule has 2 aromatic heterocycles. The van der Waals surface area contributed by atoms with Gasteiger partial charge in [0.1, 0.15) is 5.82 Å². The molecule has 118 valence electrons. The molecule has 4 nitrogen and oxygen atoms in total. The van der Waals surface area contributed by atoms with Crippen LogP contribution in [0, 0.1) is 6.92 Å². The third-order valence-corrected chi connectivity index (χ3v) is 3.43. The van der Waals surface area contributed by atoms with E-state index in [1.165, 1.54) is 0 Å². The fraction of sp³-hybridized carbons (Fsp3) is 0.250. The average molecular weight is 339 g/mol. The number of nitrogens with one attached hydrogen (secondary N) is 1. The zero-order valence-electron chi connectivity index (χ0n) is 12.4. The molecular weight excluding hydrogens is 319 g/mol. The molecule has 3 N–H and O–H groups in total. The summed E-state index contributed by atoms with van der Waals surface area (Å²) in [6.07, 6.45) is 7.06. The molecule has 0 radical (unpaired) electrons. The van der Waals surface area contributed by atoms with Crippen LogP contribution in [-0.2, 0) is 0 Å². The van der Waals surface area contributed by atoms with E-state index in [0.29, 0.717) is 10.8 Å². The Morgan fingerprint density at radius 1 is 1.36 bits per heavy atom. The number of aryl methyl sites for hydroxylation is 1. The van der Waals surface area contributed by atoms with Crippen LogP contribution in [0.15, 0.2) is 43.2 Å². The highest BCUT2D eigenvalue weighted by atomic mass is 35.5. The van der Waals surface area contributed by atoms with Crippen molar-refractivity contribution >= 4 is 35.5 Å². The molecule has 0 bridgehead atoms. The second-order valence-corrected chi connectivity index (χ2v) is 5.29. The molecule has 6 heteroatoms. The van der Waals surface area contributed by atoms with Gasteiger partial charge in [-0.3, -0.25) is 4.98 Å². The minimum Gasteiger partial charge on any atom is -0.338 e. The van der Waals surface area contributed by atoms with Crippen molar-refractivity contribution in [1.29, 1.82) is 0 Å². The molecule has 2 aromatic rings. The minimum absolute atomic E-state index is 0. The number of rotatable bonds is 6. The fourth-order valence-corrected chi connectivity index (χ4v) is 2.11. The zero-order chi connectivity index (χ0) is 15.2. The lowest BCUT2D eigenvalue weighted by atomic mass is 10.1. The van der Waals surface area contributed by atoms with Crippen LogP contribution < -0.4 is 11.1 Å². The van der Waals surface area contributed by atoms with E-state index in [9.17, 15) is 0 Å². The normalized spacial score (nSPS) is 11.4. The Morgan fingerprint density at radius 2 is 2.14 bits per heavy atom. The van der Waals surface area contributed by atoms with Crippen LogP contribution in [0.3, 0.4) is 0 Å². The van der Waals surface area contributed by atoms with Gasteiger partial charge >= 0.3 is 0 Å². The second-order valence-electron chi connectivity index (χ2n) is 4.88. The van der Waals surface area contributed by atoms with E-state index in [1.807, 2.05) is 31.2 Å². The van der Waals surface area contributed by atoms with Crippen LogP contribution in [0.2, 0.25) is 5.02 Å². The summed E-state index contributed by atoms with van der Waals surface area (Å²) in [5, 5.41) is 3.69. The van der Waals surface area contributed by atoms with E-state index >= 15 is 0 Å². The van der Waals surface area contributed by atoms with Crippen LogP contribution in [-0.4, -0.2) is 9.97 Å². The highest BCUT2D eigenvalue weighted by Gasteiger charge is 2.09. The van der Waals surface area contributed by atoms with E-state index in [1.54, 1.807) is 12.4 Å². The second kappa shape index (κ2) is 8.73. The van der Waals surface area contributed by atoms with Crippen LogP contribution >= 0.6 is 24.0 Å². The number of anilines is 2. The molecule has 1 atom stereocenters. The lowest BCUT2D eigenvalue weighted by Crippen LogP contribution is -2.10. The molecule has 22 heavy (non-hydrogen) atoms. The van der Waals surface area contributed by atoms with Gasteiger partial charge in [0, 0.05) is 17.9 Å². The summed E-state index contributed by atoms with van der Waals surface area (Å²) in [5.41, 5.74) is 8.83. The maximum Gasteiger partial charge on any atom is 0.149 e. The molecule has 0 saturated carbocycles. The topological polar surface area (TPSA) is 63.8 Å². The van der Waals surface area contributed by atoms with Gasteiger partial charge in [-0.2, -0.15) is 0 Å². The Labute approximate surface area is 142 Å². The van der Waals surface area contributed by atoms with Gasteiger partial charge in [0.15, 0.2) is 0 Å². The van der Waals surface area contributed by atoms with Crippen molar-refractivity contribution in [3.63, 3.8) is 0 Å². The SMILES string of the molecule is C=CCC[C@@H](N)c1cnc(Nc2ccc(C)nc2)c(Cl)c1.Cl. The molecule has 0 aromatic carbocycles. The standard InChI is InChI=1S/C16H19ClN4.ClH/c1-3-4-5-15(18)12-8-14(17)16(20-9-12)21-13-7-6-11(2)19-10-13;/h3,6-10,15H,1,4-5,18H2,2H3,(H,20,21);1H/t15-;/m1./s1. The smallest absolute Gasteiger partial charge is 0.149 e. The first-order valence-electron chi connectivity index (χ1n) is 6.81. The molecule has 0 aliphatic carbocycles. The predicted octanol–water partition coefficient (Wildman–Crippen LogP) is 4.57.